The van der Waals surface area contributed by atoms with Gasteiger partial charge < -0.3 is 9.55 Å². The lowest BCUT2D eigenvalue weighted by Gasteiger charge is -2.04. The molecule has 0 aliphatic rings. The lowest BCUT2D eigenvalue weighted by molar-refractivity contribution is 1.01. The fourth-order valence-corrected chi connectivity index (χ4v) is 4.38. The van der Waals surface area contributed by atoms with E-state index in [1.807, 2.05) is 91.3 Å². The van der Waals surface area contributed by atoms with Gasteiger partial charge in [-0.25, -0.2) is 0 Å². The Balaban J connectivity index is 1.80. The Morgan fingerprint density at radius 1 is 0.839 bits per heavy atom. The molecule has 3 aromatic heterocycles. The number of hydrogen-bond acceptors (Lipinski definition) is 3. The van der Waals surface area contributed by atoms with Crippen LogP contribution in [-0.4, -0.2) is 14.0 Å². The van der Waals surface area contributed by atoms with Crippen molar-refractivity contribution < 1.29 is 0 Å². The van der Waals surface area contributed by atoms with Crippen LogP contribution in [0.2, 0.25) is 0 Å². The summed E-state index contributed by atoms with van der Waals surface area (Å²) in [7, 11) is 1.97. The second-order valence-electron chi connectivity index (χ2n) is 7.82. The Labute approximate surface area is 177 Å². The Kier molecular flexibility index (Phi) is 3.65. The van der Waals surface area contributed by atoms with Crippen LogP contribution in [0.4, 0.5) is 11.4 Å². The first-order chi connectivity index (χ1) is 15.1. The molecule has 150 valence electrons. The third-order valence-electron chi connectivity index (χ3n) is 5.89. The van der Waals surface area contributed by atoms with E-state index in [0.29, 0.717) is 16.7 Å². The summed E-state index contributed by atoms with van der Waals surface area (Å²) in [5.74, 6) is 0. The standard InChI is InChI=1S/C25H19N5O/c1-15-11-13-16(14-12-15)27-28-22-23-21(17-7-3-5-9-19(17)29(23)2)25(31)30-20-10-6-4-8-18(20)26-24(22)30/h3-14,26H,1-2H3. The number of H-pyrrole nitrogens is 1. The topological polar surface area (TPSA) is 66.9 Å². The number of pyridine rings is 1. The van der Waals surface area contributed by atoms with Crippen molar-refractivity contribution in [2.75, 3.05) is 0 Å². The highest BCUT2D eigenvalue weighted by molar-refractivity contribution is 6.13. The molecule has 1 N–H and O–H groups in total. The van der Waals surface area contributed by atoms with E-state index in [9.17, 15) is 4.79 Å². The van der Waals surface area contributed by atoms with E-state index in [-0.39, 0.29) is 5.56 Å². The van der Waals surface area contributed by atoms with Gasteiger partial charge in [0.25, 0.3) is 5.56 Å². The molecule has 6 heteroatoms. The van der Waals surface area contributed by atoms with Gasteiger partial charge in [-0.2, -0.15) is 5.11 Å². The number of aromatic nitrogens is 3. The zero-order valence-corrected chi connectivity index (χ0v) is 17.1. The van der Waals surface area contributed by atoms with Crippen LogP contribution in [0.25, 0.3) is 38.5 Å². The molecule has 0 amide bonds. The zero-order chi connectivity index (χ0) is 21.1. The van der Waals surface area contributed by atoms with Crippen LogP contribution in [0.5, 0.6) is 0 Å². The molecule has 6 aromatic rings. The molecule has 0 saturated heterocycles. The van der Waals surface area contributed by atoms with Gasteiger partial charge in [0.15, 0.2) is 5.69 Å². The molecule has 0 radical (unpaired) electrons. The van der Waals surface area contributed by atoms with Crippen LogP contribution < -0.4 is 5.56 Å². The fraction of sp³-hybridized carbons (Fsp3) is 0.0800. The Hall–Kier alpha value is -4.19. The second-order valence-corrected chi connectivity index (χ2v) is 7.82. The molecule has 0 aliphatic heterocycles. The summed E-state index contributed by atoms with van der Waals surface area (Å²) in [5.41, 5.74) is 6.61. The molecule has 31 heavy (non-hydrogen) atoms. The van der Waals surface area contributed by atoms with Gasteiger partial charge in [-0.1, -0.05) is 48.0 Å². The number of hydrogen-bond donors (Lipinski definition) is 1. The third kappa shape index (κ3) is 2.48. The first-order valence-corrected chi connectivity index (χ1v) is 10.1. The van der Waals surface area contributed by atoms with E-state index in [4.69, 9.17) is 0 Å². The van der Waals surface area contributed by atoms with Crippen molar-refractivity contribution in [2.24, 2.45) is 17.3 Å². The maximum Gasteiger partial charge on any atom is 0.267 e. The molecule has 0 spiro atoms. The molecule has 0 unspecified atom stereocenters. The number of aromatic amines is 1. The van der Waals surface area contributed by atoms with Crippen molar-refractivity contribution in [3.05, 3.63) is 88.7 Å². The van der Waals surface area contributed by atoms with Gasteiger partial charge in [0, 0.05) is 18.0 Å². The van der Waals surface area contributed by atoms with Crippen molar-refractivity contribution in [1.29, 1.82) is 0 Å². The van der Waals surface area contributed by atoms with E-state index in [2.05, 4.69) is 15.2 Å². The molecular formula is C25H19N5O. The van der Waals surface area contributed by atoms with Gasteiger partial charge in [-0.3, -0.25) is 9.20 Å². The highest BCUT2D eigenvalue weighted by Gasteiger charge is 2.21. The number of imidazole rings is 1. The summed E-state index contributed by atoms with van der Waals surface area (Å²) < 4.78 is 3.74. The van der Waals surface area contributed by atoms with Gasteiger partial charge in [-0.15, -0.1) is 5.11 Å². The van der Waals surface area contributed by atoms with Crippen LogP contribution >= 0.6 is 0 Å². The monoisotopic (exact) mass is 405 g/mol. The summed E-state index contributed by atoms with van der Waals surface area (Å²) in [6.45, 7) is 2.04. The number of para-hydroxylation sites is 3. The maximum absolute atomic E-state index is 13.7. The van der Waals surface area contributed by atoms with E-state index in [1.165, 1.54) is 5.56 Å². The minimum absolute atomic E-state index is 0.0615. The first-order valence-electron chi connectivity index (χ1n) is 10.1. The molecule has 0 saturated carbocycles. The lowest BCUT2D eigenvalue weighted by atomic mass is 10.2. The van der Waals surface area contributed by atoms with Crippen LogP contribution in [0.3, 0.4) is 0 Å². The molecule has 0 aliphatic carbocycles. The van der Waals surface area contributed by atoms with Crippen LogP contribution in [0, 0.1) is 6.92 Å². The number of rotatable bonds is 2. The van der Waals surface area contributed by atoms with Crippen molar-refractivity contribution in [3.8, 4) is 0 Å². The molecule has 0 bridgehead atoms. The summed E-state index contributed by atoms with van der Waals surface area (Å²) in [6, 6.07) is 23.6. The zero-order valence-electron chi connectivity index (χ0n) is 17.1. The summed E-state index contributed by atoms with van der Waals surface area (Å²) in [6.07, 6.45) is 0. The van der Waals surface area contributed by atoms with Crippen molar-refractivity contribution in [1.82, 2.24) is 14.0 Å². The fourth-order valence-electron chi connectivity index (χ4n) is 4.38. The lowest BCUT2D eigenvalue weighted by Crippen LogP contribution is -2.12. The first kappa shape index (κ1) is 17.7. The molecule has 3 aromatic carbocycles. The Morgan fingerprint density at radius 2 is 1.55 bits per heavy atom. The predicted molar refractivity (Wildman–Crippen MR) is 125 cm³/mol. The Bertz CT molecular complexity index is 1720. The molecule has 6 rings (SSSR count). The minimum atomic E-state index is -0.0615. The average Bonchev–Trinajstić information content (AvgIpc) is 3.32. The second kappa shape index (κ2) is 6.40. The number of azo groups is 1. The maximum atomic E-state index is 13.7. The molecule has 3 heterocycles. The van der Waals surface area contributed by atoms with Gasteiger partial charge in [-0.05, 0) is 37.3 Å². The van der Waals surface area contributed by atoms with E-state index in [1.54, 1.807) is 4.40 Å². The number of benzene rings is 3. The smallest absolute Gasteiger partial charge is 0.267 e. The van der Waals surface area contributed by atoms with Gasteiger partial charge >= 0.3 is 0 Å². The minimum Gasteiger partial charge on any atom is -0.342 e. The van der Waals surface area contributed by atoms with Crippen molar-refractivity contribution in [3.63, 3.8) is 0 Å². The highest BCUT2D eigenvalue weighted by atomic mass is 16.1. The third-order valence-corrected chi connectivity index (χ3v) is 5.89. The van der Waals surface area contributed by atoms with E-state index in [0.717, 1.165) is 33.1 Å². The number of fused-ring (bicyclic) bond motifs is 6. The molecule has 0 fully saturated rings. The van der Waals surface area contributed by atoms with Crippen LogP contribution in [-0.2, 0) is 7.05 Å². The number of aryl methyl sites for hydroxylation is 2. The normalized spacial score (nSPS) is 12.2. The summed E-state index contributed by atoms with van der Waals surface area (Å²) in [5, 5.41) is 10.7. The number of nitrogens with zero attached hydrogens (tertiary/aromatic N) is 4. The van der Waals surface area contributed by atoms with Crippen LogP contribution in [0.15, 0.2) is 87.8 Å². The molecule has 6 nitrogen and oxygen atoms in total. The largest absolute Gasteiger partial charge is 0.342 e. The Morgan fingerprint density at radius 3 is 2.35 bits per heavy atom. The predicted octanol–water partition coefficient (Wildman–Crippen LogP) is 6.15. The summed E-state index contributed by atoms with van der Waals surface area (Å²) >= 11 is 0. The van der Waals surface area contributed by atoms with Gasteiger partial charge in [0.1, 0.15) is 5.65 Å². The van der Waals surface area contributed by atoms with Crippen molar-refractivity contribution >= 4 is 49.9 Å². The quantitative estimate of drug-likeness (QED) is 0.345. The highest BCUT2D eigenvalue weighted by Crippen LogP contribution is 2.36. The van der Waals surface area contributed by atoms with E-state index < -0.39 is 0 Å². The van der Waals surface area contributed by atoms with Gasteiger partial charge in [0.2, 0.25) is 0 Å². The van der Waals surface area contributed by atoms with Crippen molar-refractivity contribution in [2.45, 2.75) is 6.92 Å². The molecule has 0 atom stereocenters. The molecular weight excluding hydrogens is 386 g/mol. The SMILES string of the molecule is Cc1ccc(N=Nc2c3c(c(=O)n4c2[nH]c2ccccc24)c2ccccc2n3C)cc1. The van der Waals surface area contributed by atoms with Gasteiger partial charge in [0.05, 0.1) is 27.6 Å². The number of nitrogens with one attached hydrogen (secondary N) is 1. The average molecular weight is 405 g/mol. The van der Waals surface area contributed by atoms with Crippen LogP contribution in [0.1, 0.15) is 5.56 Å². The summed E-state index contributed by atoms with van der Waals surface area (Å²) in [4.78, 5) is 17.1. The van der Waals surface area contributed by atoms with E-state index >= 15 is 0 Å².